The maximum Gasteiger partial charge on any atom is 0.257 e. The van der Waals surface area contributed by atoms with E-state index in [9.17, 15) is 4.79 Å². The van der Waals surface area contributed by atoms with Crippen LogP contribution in [0.5, 0.6) is 0 Å². The van der Waals surface area contributed by atoms with Gasteiger partial charge in [0.05, 0.1) is 9.92 Å². The van der Waals surface area contributed by atoms with Crippen LogP contribution in [0.2, 0.25) is 5.02 Å². The van der Waals surface area contributed by atoms with Crippen molar-refractivity contribution in [2.75, 3.05) is 5.32 Å². The molecule has 0 fully saturated rings. The van der Waals surface area contributed by atoms with E-state index in [0.29, 0.717) is 16.4 Å². The number of halogens is 2. The number of hydrogen-bond donors (Lipinski definition) is 2. The second kappa shape index (κ2) is 9.32. The van der Waals surface area contributed by atoms with Gasteiger partial charge in [-0.25, -0.2) is 4.98 Å². The van der Waals surface area contributed by atoms with Gasteiger partial charge in [0.15, 0.2) is 5.11 Å². The average Bonchev–Trinajstić information content (AvgIpc) is 2.66. The van der Waals surface area contributed by atoms with Gasteiger partial charge in [0.25, 0.3) is 5.91 Å². The monoisotopic (exact) mass is 477 g/mol. The Kier molecular flexibility index (Phi) is 6.84. The zero-order chi connectivity index (χ0) is 19.2. The van der Waals surface area contributed by atoms with E-state index in [1.54, 1.807) is 30.5 Å². The van der Waals surface area contributed by atoms with Gasteiger partial charge in [0.1, 0.15) is 5.82 Å². The summed E-state index contributed by atoms with van der Waals surface area (Å²) in [6.07, 6.45) is 1.65. The Morgan fingerprint density at radius 2 is 1.78 bits per heavy atom. The van der Waals surface area contributed by atoms with Gasteiger partial charge in [-0.3, -0.25) is 10.1 Å². The molecule has 0 atom stereocenters. The molecule has 0 bridgehead atoms. The average molecular weight is 479 g/mol. The number of thiocarbonyl (C=S) groups is 1. The van der Waals surface area contributed by atoms with Crippen LogP contribution in [0.4, 0.5) is 5.82 Å². The molecule has 1 aromatic heterocycles. The van der Waals surface area contributed by atoms with E-state index in [2.05, 4.69) is 31.5 Å². The van der Waals surface area contributed by atoms with Crippen molar-refractivity contribution in [1.29, 1.82) is 0 Å². The van der Waals surface area contributed by atoms with Crippen molar-refractivity contribution in [3.05, 3.63) is 81.9 Å². The fourth-order valence-electron chi connectivity index (χ4n) is 2.14. The number of carbonyl (C=O) groups excluding carboxylic acids is 1. The molecule has 27 heavy (non-hydrogen) atoms. The van der Waals surface area contributed by atoms with E-state index < -0.39 is 0 Å². The van der Waals surface area contributed by atoms with Gasteiger partial charge < -0.3 is 5.32 Å². The number of rotatable bonds is 4. The first-order chi connectivity index (χ1) is 13.0. The van der Waals surface area contributed by atoms with E-state index in [0.717, 1.165) is 14.3 Å². The van der Waals surface area contributed by atoms with E-state index in [-0.39, 0.29) is 11.0 Å². The van der Waals surface area contributed by atoms with Crippen molar-refractivity contribution < 1.29 is 4.79 Å². The molecule has 0 aliphatic rings. The highest BCUT2D eigenvalue weighted by molar-refractivity contribution is 9.10. The summed E-state index contributed by atoms with van der Waals surface area (Å²) in [7, 11) is 0. The van der Waals surface area contributed by atoms with Crippen molar-refractivity contribution in [2.45, 2.75) is 9.79 Å². The number of nitrogens with zero attached hydrogens (tertiary/aromatic N) is 1. The maximum absolute atomic E-state index is 12.2. The number of amides is 1. The van der Waals surface area contributed by atoms with Gasteiger partial charge in [-0.1, -0.05) is 53.7 Å². The Bertz CT molecular complexity index is 986. The molecule has 0 unspecified atom stereocenters. The Labute approximate surface area is 179 Å². The van der Waals surface area contributed by atoms with Gasteiger partial charge in [0, 0.05) is 21.1 Å². The molecule has 1 amide bonds. The van der Waals surface area contributed by atoms with Crippen LogP contribution in [-0.4, -0.2) is 16.0 Å². The second-order valence-electron chi connectivity index (χ2n) is 5.31. The molecule has 4 nitrogen and oxygen atoms in total. The summed E-state index contributed by atoms with van der Waals surface area (Å²) in [5, 5.41) is 6.45. The number of nitrogens with one attached hydrogen (secondary N) is 2. The number of benzene rings is 2. The van der Waals surface area contributed by atoms with E-state index in [1.165, 1.54) is 11.8 Å². The lowest BCUT2D eigenvalue weighted by Gasteiger charge is -2.13. The SMILES string of the molecule is O=C(NC(=S)Nc1ncc(Br)cc1Sc1ccccc1Cl)c1ccccc1. The minimum Gasteiger partial charge on any atom is -0.316 e. The normalized spacial score (nSPS) is 10.3. The number of carbonyl (C=O) groups is 1. The van der Waals surface area contributed by atoms with Crippen LogP contribution < -0.4 is 10.6 Å². The van der Waals surface area contributed by atoms with Gasteiger partial charge >= 0.3 is 0 Å². The van der Waals surface area contributed by atoms with Crippen LogP contribution in [-0.2, 0) is 0 Å². The molecule has 0 spiro atoms. The third-order valence-corrected chi connectivity index (χ3v) is 5.56. The fraction of sp³-hybridized carbons (Fsp3) is 0. The molecule has 0 aliphatic heterocycles. The summed E-state index contributed by atoms with van der Waals surface area (Å²) in [4.78, 5) is 18.3. The summed E-state index contributed by atoms with van der Waals surface area (Å²) >= 11 is 16.4. The van der Waals surface area contributed by atoms with Crippen molar-refractivity contribution in [3.8, 4) is 0 Å². The topological polar surface area (TPSA) is 54.0 Å². The van der Waals surface area contributed by atoms with Crippen LogP contribution in [0.3, 0.4) is 0 Å². The zero-order valence-electron chi connectivity index (χ0n) is 13.8. The number of hydrogen-bond acceptors (Lipinski definition) is 4. The minimum absolute atomic E-state index is 0.166. The molecule has 8 heteroatoms. The van der Waals surface area contributed by atoms with Gasteiger partial charge in [-0.05, 0) is 58.5 Å². The molecule has 3 rings (SSSR count). The van der Waals surface area contributed by atoms with Crippen molar-refractivity contribution in [2.24, 2.45) is 0 Å². The summed E-state index contributed by atoms with van der Waals surface area (Å²) in [5.41, 5.74) is 0.524. The summed E-state index contributed by atoms with van der Waals surface area (Å²) in [6, 6.07) is 18.3. The molecule has 0 saturated carbocycles. The van der Waals surface area contributed by atoms with E-state index in [1.807, 2.05) is 36.4 Å². The van der Waals surface area contributed by atoms with Gasteiger partial charge in [-0.15, -0.1) is 0 Å². The first-order valence-electron chi connectivity index (χ1n) is 7.78. The van der Waals surface area contributed by atoms with Gasteiger partial charge in [0.2, 0.25) is 0 Å². The highest BCUT2D eigenvalue weighted by Gasteiger charge is 2.13. The number of pyridine rings is 1. The predicted molar refractivity (Wildman–Crippen MR) is 118 cm³/mol. The van der Waals surface area contributed by atoms with E-state index >= 15 is 0 Å². The van der Waals surface area contributed by atoms with Crippen molar-refractivity contribution in [3.63, 3.8) is 0 Å². The van der Waals surface area contributed by atoms with Crippen LogP contribution in [0, 0.1) is 0 Å². The third-order valence-electron chi connectivity index (χ3n) is 3.37. The molecule has 0 radical (unpaired) electrons. The van der Waals surface area contributed by atoms with Crippen molar-refractivity contribution >= 4 is 68.3 Å². The van der Waals surface area contributed by atoms with E-state index in [4.69, 9.17) is 23.8 Å². The molecule has 136 valence electrons. The lowest BCUT2D eigenvalue weighted by molar-refractivity contribution is 0.0977. The number of aromatic nitrogens is 1. The van der Waals surface area contributed by atoms with Crippen LogP contribution >= 0.6 is 51.5 Å². The summed E-state index contributed by atoms with van der Waals surface area (Å²) in [6.45, 7) is 0. The highest BCUT2D eigenvalue weighted by atomic mass is 79.9. The molecule has 0 aliphatic carbocycles. The molecule has 1 heterocycles. The quantitative estimate of drug-likeness (QED) is 0.466. The Hall–Kier alpha value is -1.93. The molecular formula is C19H13BrClN3OS2. The zero-order valence-corrected chi connectivity index (χ0v) is 17.8. The number of anilines is 1. The first kappa shape index (κ1) is 19.8. The predicted octanol–water partition coefficient (Wildman–Crippen LogP) is 5.78. The lowest BCUT2D eigenvalue weighted by Crippen LogP contribution is -2.34. The summed E-state index contributed by atoms with van der Waals surface area (Å²) in [5.74, 6) is 0.243. The van der Waals surface area contributed by atoms with Crippen LogP contribution in [0.25, 0.3) is 0 Å². The Balaban J connectivity index is 1.75. The third kappa shape index (κ3) is 5.52. The molecule has 0 saturated heterocycles. The van der Waals surface area contributed by atoms with Crippen molar-refractivity contribution in [1.82, 2.24) is 10.3 Å². The van der Waals surface area contributed by atoms with Crippen LogP contribution in [0.15, 0.2) is 81.1 Å². The van der Waals surface area contributed by atoms with Crippen LogP contribution in [0.1, 0.15) is 10.4 Å². The Morgan fingerprint density at radius 1 is 1.07 bits per heavy atom. The molecule has 2 aromatic carbocycles. The maximum atomic E-state index is 12.2. The standard InChI is InChI=1S/C19H13BrClN3OS2/c20-13-10-16(27-15-9-5-4-8-14(15)21)17(22-11-13)23-19(26)24-18(25)12-6-2-1-3-7-12/h1-11H,(H2,22,23,24,25,26). The molecule has 3 aromatic rings. The second-order valence-corrected chi connectivity index (χ2v) is 8.12. The first-order valence-corrected chi connectivity index (χ1v) is 10.2. The fourth-order valence-corrected chi connectivity index (χ4v) is 4.00. The van der Waals surface area contributed by atoms with Gasteiger partial charge in [-0.2, -0.15) is 0 Å². The summed E-state index contributed by atoms with van der Waals surface area (Å²) < 4.78 is 0.821. The molecule has 2 N–H and O–H groups in total. The lowest BCUT2D eigenvalue weighted by atomic mass is 10.2. The largest absolute Gasteiger partial charge is 0.316 e. The Morgan fingerprint density at radius 3 is 2.52 bits per heavy atom. The molecular weight excluding hydrogens is 466 g/mol. The highest BCUT2D eigenvalue weighted by Crippen LogP contribution is 2.37. The smallest absolute Gasteiger partial charge is 0.257 e. The minimum atomic E-state index is -0.287.